The molecule has 2 N–H and O–H groups in total. The molecule has 0 bridgehead atoms. The number of carboxylic acid groups (broad SMARTS) is 1. The van der Waals surface area contributed by atoms with E-state index in [9.17, 15) is 19.1 Å². The molecule has 3 aromatic rings. The van der Waals surface area contributed by atoms with Crippen LogP contribution in [0.1, 0.15) is 37.2 Å². The predicted octanol–water partition coefficient (Wildman–Crippen LogP) is 4.31. The van der Waals surface area contributed by atoms with Gasteiger partial charge in [-0.25, -0.2) is 9.07 Å². The minimum atomic E-state index is -0.998. The number of nitrogens with zero attached hydrogens (tertiary/aromatic N) is 2. The number of methoxy groups -OCH3 is 2. The predicted molar refractivity (Wildman–Crippen MR) is 125 cm³/mol. The Balaban J connectivity index is 2.10. The molecule has 1 aromatic heterocycles. The maximum Gasteiger partial charge on any atom is 0.305 e. The standard InChI is InChI=1S/C25H28FN3O5/c1-15(2)12-17(13-23(30)31)27-25(32)19-14-20(24-21(33-3)6-5-7-22(24)34-4)29(28-19)18-10-8-16(26)9-11-18/h5-11,14-15,17H,12-13H2,1-4H3,(H,27,32)(H,30,31)/t17-/m1/s1. The molecule has 9 heteroatoms. The van der Waals surface area contributed by atoms with Crippen molar-refractivity contribution in [2.75, 3.05) is 14.2 Å². The van der Waals surface area contributed by atoms with Crippen molar-refractivity contribution in [3.8, 4) is 28.4 Å². The Morgan fingerprint density at radius 2 is 1.71 bits per heavy atom. The number of halogens is 1. The summed E-state index contributed by atoms with van der Waals surface area (Å²) >= 11 is 0. The average molecular weight is 470 g/mol. The molecular weight excluding hydrogens is 441 g/mol. The van der Waals surface area contributed by atoms with Crippen molar-refractivity contribution in [2.45, 2.75) is 32.7 Å². The molecule has 2 aromatic carbocycles. The highest BCUT2D eigenvalue weighted by molar-refractivity contribution is 5.94. The van der Waals surface area contributed by atoms with Gasteiger partial charge >= 0.3 is 5.97 Å². The van der Waals surface area contributed by atoms with Crippen molar-refractivity contribution in [3.05, 3.63) is 60.0 Å². The summed E-state index contributed by atoms with van der Waals surface area (Å²) < 4.78 is 26.1. The highest BCUT2D eigenvalue weighted by Crippen LogP contribution is 2.39. The van der Waals surface area contributed by atoms with Crippen LogP contribution in [0.25, 0.3) is 16.9 Å². The summed E-state index contributed by atoms with van der Waals surface area (Å²) in [6.07, 6.45) is 0.305. The summed E-state index contributed by atoms with van der Waals surface area (Å²) in [5.41, 5.74) is 1.65. The van der Waals surface area contributed by atoms with Crippen LogP contribution in [-0.4, -0.2) is 47.0 Å². The van der Waals surface area contributed by atoms with Gasteiger partial charge in [0.15, 0.2) is 5.69 Å². The zero-order valence-electron chi connectivity index (χ0n) is 19.5. The Kier molecular flexibility index (Phi) is 7.88. The minimum Gasteiger partial charge on any atom is -0.496 e. The number of hydrogen-bond acceptors (Lipinski definition) is 5. The summed E-state index contributed by atoms with van der Waals surface area (Å²) in [6.45, 7) is 3.91. The Morgan fingerprint density at radius 3 is 2.24 bits per heavy atom. The molecule has 0 aliphatic carbocycles. The highest BCUT2D eigenvalue weighted by Gasteiger charge is 2.24. The van der Waals surface area contributed by atoms with Gasteiger partial charge in [-0.2, -0.15) is 5.10 Å². The molecule has 180 valence electrons. The van der Waals surface area contributed by atoms with Gasteiger partial charge in [-0.15, -0.1) is 0 Å². The van der Waals surface area contributed by atoms with Crippen molar-refractivity contribution in [2.24, 2.45) is 5.92 Å². The lowest BCUT2D eigenvalue weighted by Gasteiger charge is -2.18. The van der Waals surface area contributed by atoms with Gasteiger partial charge in [0, 0.05) is 6.04 Å². The minimum absolute atomic E-state index is 0.0754. The van der Waals surface area contributed by atoms with E-state index >= 15 is 0 Å². The Bertz CT molecular complexity index is 1140. The van der Waals surface area contributed by atoms with Crippen LogP contribution < -0.4 is 14.8 Å². The van der Waals surface area contributed by atoms with Crippen molar-refractivity contribution >= 4 is 11.9 Å². The van der Waals surface area contributed by atoms with Gasteiger partial charge in [-0.05, 0) is 54.8 Å². The first-order valence-electron chi connectivity index (χ1n) is 10.8. The second-order valence-corrected chi connectivity index (χ2v) is 8.24. The molecule has 0 unspecified atom stereocenters. The summed E-state index contributed by atoms with van der Waals surface area (Å²) in [7, 11) is 3.04. The summed E-state index contributed by atoms with van der Waals surface area (Å²) in [5, 5.41) is 16.5. The molecular formula is C25H28FN3O5. The van der Waals surface area contributed by atoms with Crippen LogP contribution in [0.3, 0.4) is 0 Å². The van der Waals surface area contributed by atoms with Gasteiger partial charge in [0.05, 0.1) is 37.6 Å². The van der Waals surface area contributed by atoms with Crippen LogP contribution in [0.15, 0.2) is 48.5 Å². The number of carbonyl (C=O) groups excluding carboxylic acids is 1. The number of aromatic nitrogens is 2. The molecule has 34 heavy (non-hydrogen) atoms. The molecule has 1 amide bonds. The highest BCUT2D eigenvalue weighted by atomic mass is 19.1. The fraction of sp³-hybridized carbons (Fsp3) is 0.320. The summed E-state index contributed by atoms with van der Waals surface area (Å²) in [6, 6.07) is 12.0. The molecule has 8 nitrogen and oxygen atoms in total. The van der Waals surface area contributed by atoms with E-state index in [-0.39, 0.29) is 18.0 Å². The number of hydrogen-bond donors (Lipinski definition) is 2. The van der Waals surface area contributed by atoms with Crippen LogP contribution in [-0.2, 0) is 4.79 Å². The fourth-order valence-electron chi connectivity index (χ4n) is 3.79. The van der Waals surface area contributed by atoms with Crippen molar-refractivity contribution in [1.82, 2.24) is 15.1 Å². The summed E-state index contributed by atoms with van der Waals surface area (Å²) in [4.78, 5) is 24.4. The van der Waals surface area contributed by atoms with E-state index in [0.29, 0.717) is 34.9 Å². The first-order chi connectivity index (χ1) is 16.2. The number of carbonyl (C=O) groups is 2. The SMILES string of the molecule is COc1cccc(OC)c1-c1cc(C(=O)N[C@@H](CC(=O)O)CC(C)C)nn1-c1ccc(F)cc1. The molecule has 1 atom stereocenters. The normalized spacial score (nSPS) is 11.8. The molecule has 0 saturated carbocycles. The molecule has 0 aliphatic rings. The molecule has 3 rings (SSSR count). The van der Waals surface area contributed by atoms with Crippen LogP contribution in [0, 0.1) is 11.7 Å². The van der Waals surface area contributed by atoms with E-state index in [1.54, 1.807) is 36.4 Å². The van der Waals surface area contributed by atoms with E-state index in [1.165, 1.54) is 31.0 Å². The van der Waals surface area contributed by atoms with Gasteiger partial charge in [-0.1, -0.05) is 19.9 Å². The van der Waals surface area contributed by atoms with E-state index in [0.717, 1.165) is 0 Å². The molecule has 0 fully saturated rings. The topological polar surface area (TPSA) is 103 Å². The van der Waals surface area contributed by atoms with Gasteiger partial charge in [0.2, 0.25) is 0 Å². The van der Waals surface area contributed by atoms with E-state index in [1.807, 2.05) is 13.8 Å². The number of benzene rings is 2. The number of rotatable bonds is 10. The maximum absolute atomic E-state index is 13.6. The Labute approximate surface area is 197 Å². The summed E-state index contributed by atoms with van der Waals surface area (Å²) in [5.74, 6) is -0.730. The van der Waals surface area contributed by atoms with Crippen LogP contribution >= 0.6 is 0 Å². The van der Waals surface area contributed by atoms with Gasteiger partial charge in [0.25, 0.3) is 5.91 Å². The first-order valence-corrected chi connectivity index (χ1v) is 10.8. The molecule has 0 aliphatic heterocycles. The Hall–Kier alpha value is -3.88. The van der Waals surface area contributed by atoms with Crippen LogP contribution in [0.5, 0.6) is 11.5 Å². The lowest BCUT2D eigenvalue weighted by atomic mass is 10.0. The fourth-order valence-corrected chi connectivity index (χ4v) is 3.79. The average Bonchev–Trinajstić information content (AvgIpc) is 3.23. The number of aliphatic carboxylic acids is 1. The van der Waals surface area contributed by atoms with Gasteiger partial charge < -0.3 is 19.9 Å². The van der Waals surface area contributed by atoms with Crippen LogP contribution in [0.4, 0.5) is 4.39 Å². The zero-order valence-corrected chi connectivity index (χ0v) is 19.5. The molecule has 0 radical (unpaired) electrons. The largest absolute Gasteiger partial charge is 0.496 e. The Morgan fingerprint density at radius 1 is 1.09 bits per heavy atom. The van der Waals surface area contributed by atoms with Gasteiger partial charge in [-0.3, -0.25) is 9.59 Å². The van der Waals surface area contributed by atoms with Crippen molar-refractivity contribution in [1.29, 1.82) is 0 Å². The third-order valence-electron chi connectivity index (χ3n) is 5.21. The number of nitrogens with one attached hydrogen (secondary N) is 1. The second kappa shape index (κ2) is 10.8. The lowest BCUT2D eigenvalue weighted by Crippen LogP contribution is -2.37. The van der Waals surface area contributed by atoms with Gasteiger partial charge in [0.1, 0.15) is 17.3 Å². The monoisotopic (exact) mass is 469 g/mol. The number of amides is 1. The van der Waals surface area contributed by atoms with Crippen LogP contribution in [0.2, 0.25) is 0 Å². The second-order valence-electron chi connectivity index (χ2n) is 8.24. The molecule has 0 saturated heterocycles. The van der Waals surface area contributed by atoms with Crippen molar-refractivity contribution in [3.63, 3.8) is 0 Å². The third-order valence-corrected chi connectivity index (χ3v) is 5.21. The smallest absolute Gasteiger partial charge is 0.305 e. The first kappa shape index (κ1) is 24.8. The van der Waals surface area contributed by atoms with Crippen molar-refractivity contribution < 1.29 is 28.6 Å². The third kappa shape index (κ3) is 5.72. The maximum atomic E-state index is 13.6. The lowest BCUT2D eigenvalue weighted by molar-refractivity contribution is -0.137. The van der Waals surface area contributed by atoms with E-state index in [2.05, 4.69) is 10.4 Å². The van der Waals surface area contributed by atoms with E-state index in [4.69, 9.17) is 9.47 Å². The number of carboxylic acids is 1. The number of ether oxygens (including phenoxy) is 2. The quantitative estimate of drug-likeness (QED) is 0.459. The molecule has 1 heterocycles. The molecule has 0 spiro atoms. The van der Waals surface area contributed by atoms with E-state index < -0.39 is 23.7 Å². The zero-order chi connectivity index (χ0) is 24.8.